The van der Waals surface area contributed by atoms with E-state index < -0.39 is 0 Å². The van der Waals surface area contributed by atoms with E-state index >= 15 is 0 Å². The van der Waals surface area contributed by atoms with Crippen molar-refractivity contribution in [1.82, 2.24) is 4.90 Å². The number of hydrogen-bond donors (Lipinski definition) is 1. The third kappa shape index (κ3) is 4.31. The second kappa shape index (κ2) is 7.42. The van der Waals surface area contributed by atoms with E-state index in [1.165, 1.54) is 49.9 Å². The van der Waals surface area contributed by atoms with Gasteiger partial charge in [-0.05, 0) is 56.8 Å². The van der Waals surface area contributed by atoms with E-state index in [1.807, 2.05) is 0 Å². The monoisotopic (exact) mass is 288 g/mol. The van der Waals surface area contributed by atoms with Crippen molar-refractivity contribution in [3.8, 4) is 0 Å². The molecule has 118 valence electrons. The van der Waals surface area contributed by atoms with Crippen LogP contribution >= 0.6 is 0 Å². The molecule has 0 bridgehead atoms. The SMILES string of the molecule is CCC1(CC)CCN(CCC(N)c2ccc(C)cc2)CC1. The van der Waals surface area contributed by atoms with Crippen molar-refractivity contribution < 1.29 is 0 Å². The smallest absolute Gasteiger partial charge is 0.0307 e. The zero-order valence-electron chi connectivity index (χ0n) is 14.1. The number of hydrogen-bond acceptors (Lipinski definition) is 2. The van der Waals surface area contributed by atoms with Crippen LogP contribution in [0.3, 0.4) is 0 Å². The van der Waals surface area contributed by atoms with Gasteiger partial charge in [-0.3, -0.25) is 0 Å². The Morgan fingerprint density at radius 1 is 1.10 bits per heavy atom. The van der Waals surface area contributed by atoms with E-state index in [4.69, 9.17) is 5.73 Å². The van der Waals surface area contributed by atoms with Crippen LogP contribution in [0, 0.1) is 12.3 Å². The molecule has 1 heterocycles. The topological polar surface area (TPSA) is 29.3 Å². The molecule has 2 nitrogen and oxygen atoms in total. The normalized spacial score (nSPS) is 20.4. The number of piperidine rings is 1. The molecule has 0 radical (unpaired) electrons. The summed E-state index contributed by atoms with van der Waals surface area (Å²) in [5, 5.41) is 0. The minimum atomic E-state index is 0.176. The lowest BCUT2D eigenvalue weighted by Gasteiger charge is -2.41. The van der Waals surface area contributed by atoms with Gasteiger partial charge in [-0.15, -0.1) is 0 Å². The van der Waals surface area contributed by atoms with Gasteiger partial charge in [-0.1, -0.05) is 56.5 Å². The van der Waals surface area contributed by atoms with E-state index in [2.05, 4.69) is 49.9 Å². The number of rotatable bonds is 6. The molecule has 1 aliphatic rings. The van der Waals surface area contributed by atoms with Crippen LogP contribution < -0.4 is 5.73 Å². The van der Waals surface area contributed by atoms with Gasteiger partial charge in [0, 0.05) is 6.04 Å². The fourth-order valence-electron chi connectivity index (χ4n) is 3.51. The molecule has 0 amide bonds. The van der Waals surface area contributed by atoms with Crippen LogP contribution in [-0.4, -0.2) is 24.5 Å². The zero-order valence-corrected chi connectivity index (χ0v) is 14.1. The standard InChI is InChI=1S/C19H32N2/c1-4-19(5-2)11-14-21(15-12-19)13-10-18(20)17-8-6-16(3)7-9-17/h6-9,18H,4-5,10-15,20H2,1-3H3. The Labute approximate surface area is 130 Å². The van der Waals surface area contributed by atoms with Crippen LogP contribution in [0.25, 0.3) is 0 Å². The molecule has 2 rings (SSSR count). The van der Waals surface area contributed by atoms with Gasteiger partial charge in [0.2, 0.25) is 0 Å². The minimum Gasteiger partial charge on any atom is -0.324 e. The molecule has 1 aromatic rings. The van der Waals surface area contributed by atoms with Crippen molar-refractivity contribution in [2.24, 2.45) is 11.1 Å². The summed E-state index contributed by atoms with van der Waals surface area (Å²) in [6, 6.07) is 8.85. The van der Waals surface area contributed by atoms with E-state index in [-0.39, 0.29) is 6.04 Å². The number of benzene rings is 1. The maximum absolute atomic E-state index is 6.34. The number of nitrogens with zero attached hydrogens (tertiary/aromatic N) is 1. The summed E-state index contributed by atoms with van der Waals surface area (Å²) in [6.45, 7) is 10.5. The van der Waals surface area contributed by atoms with E-state index in [1.54, 1.807) is 0 Å². The lowest BCUT2D eigenvalue weighted by molar-refractivity contribution is 0.0934. The highest BCUT2D eigenvalue weighted by Crippen LogP contribution is 2.37. The summed E-state index contributed by atoms with van der Waals surface area (Å²) < 4.78 is 0. The lowest BCUT2D eigenvalue weighted by Crippen LogP contribution is -2.40. The first-order valence-electron chi connectivity index (χ1n) is 8.63. The van der Waals surface area contributed by atoms with Gasteiger partial charge in [0.25, 0.3) is 0 Å². The van der Waals surface area contributed by atoms with Crippen LogP contribution in [0.2, 0.25) is 0 Å². The number of likely N-dealkylation sites (tertiary alicyclic amines) is 1. The predicted octanol–water partition coefficient (Wildman–Crippen LogP) is 4.29. The molecule has 1 atom stereocenters. The Hall–Kier alpha value is -0.860. The van der Waals surface area contributed by atoms with Gasteiger partial charge >= 0.3 is 0 Å². The fourth-order valence-corrected chi connectivity index (χ4v) is 3.51. The van der Waals surface area contributed by atoms with Gasteiger partial charge in [0.1, 0.15) is 0 Å². The quantitative estimate of drug-likeness (QED) is 0.846. The summed E-state index contributed by atoms with van der Waals surface area (Å²) in [6.07, 6.45) is 6.45. The predicted molar refractivity (Wildman–Crippen MR) is 91.4 cm³/mol. The fraction of sp³-hybridized carbons (Fsp3) is 0.684. The van der Waals surface area contributed by atoms with Gasteiger partial charge in [-0.25, -0.2) is 0 Å². The van der Waals surface area contributed by atoms with Crippen molar-refractivity contribution >= 4 is 0 Å². The summed E-state index contributed by atoms with van der Waals surface area (Å²) >= 11 is 0. The average Bonchev–Trinajstić information content (AvgIpc) is 2.54. The third-order valence-electron chi connectivity index (χ3n) is 5.68. The molecule has 1 fully saturated rings. The highest BCUT2D eigenvalue weighted by Gasteiger charge is 2.30. The number of nitrogens with two attached hydrogens (primary N) is 1. The highest BCUT2D eigenvalue weighted by atomic mass is 15.1. The van der Waals surface area contributed by atoms with Gasteiger partial charge in [0.05, 0.1) is 0 Å². The maximum atomic E-state index is 6.34. The molecule has 1 aromatic carbocycles. The molecule has 2 heteroatoms. The molecule has 1 unspecified atom stereocenters. The second-order valence-corrected chi connectivity index (χ2v) is 6.85. The Bertz CT molecular complexity index is 410. The van der Waals surface area contributed by atoms with E-state index in [9.17, 15) is 0 Å². The van der Waals surface area contributed by atoms with Gasteiger partial charge in [0.15, 0.2) is 0 Å². The molecule has 1 saturated heterocycles. The van der Waals surface area contributed by atoms with Crippen LogP contribution in [0.5, 0.6) is 0 Å². The van der Waals surface area contributed by atoms with Crippen molar-refractivity contribution in [2.75, 3.05) is 19.6 Å². The summed E-state index contributed by atoms with van der Waals surface area (Å²) in [5.41, 5.74) is 9.54. The summed E-state index contributed by atoms with van der Waals surface area (Å²) in [4.78, 5) is 2.61. The molecule has 1 aliphatic heterocycles. The lowest BCUT2D eigenvalue weighted by atomic mass is 9.74. The van der Waals surface area contributed by atoms with Crippen molar-refractivity contribution in [3.63, 3.8) is 0 Å². The average molecular weight is 288 g/mol. The second-order valence-electron chi connectivity index (χ2n) is 6.85. The molecule has 0 spiro atoms. The van der Waals surface area contributed by atoms with Gasteiger partial charge < -0.3 is 10.6 Å². The first-order valence-corrected chi connectivity index (χ1v) is 8.63. The van der Waals surface area contributed by atoms with Crippen LogP contribution in [0.4, 0.5) is 0 Å². The summed E-state index contributed by atoms with van der Waals surface area (Å²) in [7, 11) is 0. The van der Waals surface area contributed by atoms with Crippen molar-refractivity contribution in [2.45, 2.75) is 58.9 Å². The number of aryl methyl sites for hydroxylation is 1. The Kier molecular flexibility index (Phi) is 5.83. The van der Waals surface area contributed by atoms with Crippen LogP contribution in [0.1, 0.15) is 63.1 Å². The maximum Gasteiger partial charge on any atom is 0.0307 e. The zero-order chi connectivity index (χ0) is 15.3. The largest absolute Gasteiger partial charge is 0.324 e. The van der Waals surface area contributed by atoms with Crippen molar-refractivity contribution in [1.29, 1.82) is 0 Å². The summed E-state index contributed by atoms with van der Waals surface area (Å²) in [5.74, 6) is 0. The van der Waals surface area contributed by atoms with Crippen LogP contribution in [0.15, 0.2) is 24.3 Å². The molecular formula is C19H32N2. The van der Waals surface area contributed by atoms with Gasteiger partial charge in [-0.2, -0.15) is 0 Å². The molecule has 0 aliphatic carbocycles. The first kappa shape index (κ1) is 16.5. The van der Waals surface area contributed by atoms with E-state index in [0.717, 1.165) is 13.0 Å². The Balaban J connectivity index is 1.78. The molecule has 0 saturated carbocycles. The third-order valence-corrected chi connectivity index (χ3v) is 5.68. The molecule has 0 aromatic heterocycles. The molecule has 2 N–H and O–H groups in total. The molecular weight excluding hydrogens is 256 g/mol. The van der Waals surface area contributed by atoms with Crippen LogP contribution in [-0.2, 0) is 0 Å². The minimum absolute atomic E-state index is 0.176. The Morgan fingerprint density at radius 2 is 1.67 bits per heavy atom. The van der Waals surface area contributed by atoms with Crippen molar-refractivity contribution in [3.05, 3.63) is 35.4 Å². The Morgan fingerprint density at radius 3 is 2.19 bits per heavy atom. The molecule has 21 heavy (non-hydrogen) atoms. The van der Waals surface area contributed by atoms with E-state index in [0.29, 0.717) is 5.41 Å². The highest BCUT2D eigenvalue weighted by molar-refractivity contribution is 5.23. The first-order chi connectivity index (χ1) is 10.1.